The van der Waals surface area contributed by atoms with Crippen LogP contribution >= 0.6 is 0 Å². The van der Waals surface area contributed by atoms with Gasteiger partial charge in [0, 0.05) is 19.9 Å². The Morgan fingerprint density at radius 3 is 2.30 bits per heavy atom. The molecule has 2 atom stereocenters. The monoisotopic (exact) mass is 286 g/mol. The molecule has 1 aliphatic heterocycles. The Hall–Kier alpha value is -1.79. The van der Waals surface area contributed by atoms with Crippen molar-refractivity contribution in [2.24, 2.45) is 0 Å². The maximum Gasteiger partial charge on any atom is 0.407 e. The molecule has 1 saturated heterocycles. The summed E-state index contributed by atoms with van der Waals surface area (Å²) in [5, 5.41) is 2.67. The predicted molar refractivity (Wildman–Crippen MR) is 71.0 cm³/mol. The lowest BCUT2D eigenvalue weighted by Gasteiger charge is -2.22. The molecule has 1 fully saturated rings. The molecule has 0 aromatic carbocycles. The molecule has 1 N–H and O–H groups in total. The molecule has 0 saturated carbocycles. The van der Waals surface area contributed by atoms with Crippen LogP contribution in [0.4, 0.5) is 4.79 Å². The van der Waals surface area contributed by atoms with Crippen LogP contribution in [0.25, 0.3) is 0 Å². The lowest BCUT2D eigenvalue weighted by atomic mass is 10.1. The summed E-state index contributed by atoms with van der Waals surface area (Å²) in [6.45, 7) is 6.95. The van der Waals surface area contributed by atoms with E-state index in [4.69, 9.17) is 4.74 Å². The number of hydrogen-bond donors (Lipinski definition) is 1. The molecule has 1 aliphatic rings. The molecule has 0 aromatic rings. The number of nitrogens with zero attached hydrogens (tertiary/aromatic N) is 1. The van der Waals surface area contributed by atoms with Gasteiger partial charge in [0.25, 0.3) is 0 Å². The second-order valence-electron chi connectivity index (χ2n) is 5.79. The number of rotatable bonds is 2. The van der Waals surface area contributed by atoms with Gasteiger partial charge in [0.1, 0.15) is 11.6 Å². The minimum absolute atomic E-state index is 0.228. The molecule has 0 unspecified atom stereocenters. The standard InChI is InChI=1S/C13H22N2O5/c1-8(16)15-7-9(6-10(15)11(17)19-5)14-12(18)20-13(2,3)4/h9-10H,6-7H2,1-5H3,(H,14,18)/t9-,10-/m0/s1. The number of nitrogens with one attached hydrogen (secondary N) is 1. The average molecular weight is 286 g/mol. The highest BCUT2D eigenvalue weighted by Crippen LogP contribution is 2.20. The van der Waals surface area contributed by atoms with E-state index in [1.54, 1.807) is 20.8 Å². The first-order valence-electron chi connectivity index (χ1n) is 6.48. The topological polar surface area (TPSA) is 84.9 Å². The number of carbonyl (C=O) groups is 3. The lowest BCUT2D eigenvalue weighted by molar-refractivity contribution is -0.150. The van der Waals surface area contributed by atoms with Crippen LogP contribution in [0.2, 0.25) is 0 Å². The smallest absolute Gasteiger partial charge is 0.407 e. The second kappa shape index (κ2) is 6.11. The molecule has 0 spiro atoms. The van der Waals surface area contributed by atoms with Crippen molar-refractivity contribution < 1.29 is 23.9 Å². The minimum Gasteiger partial charge on any atom is -0.467 e. The van der Waals surface area contributed by atoms with Gasteiger partial charge in [-0.3, -0.25) is 4.79 Å². The van der Waals surface area contributed by atoms with Gasteiger partial charge in [-0.2, -0.15) is 0 Å². The molecule has 0 bridgehead atoms. The van der Waals surface area contributed by atoms with Gasteiger partial charge < -0.3 is 19.7 Å². The highest BCUT2D eigenvalue weighted by atomic mass is 16.6. The Bertz CT molecular complexity index is 402. The molecular weight excluding hydrogens is 264 g/mol. The zero-order valence-corrected chi connectivity index (χ0v) is 12.6. The van der Waals surface area contributed by atoms with Crippen molar-refractivity contribution in [1.29, 1.82) is 0 Å². The number of carbonyl (C=O) groups excluding carboxylic acids is 3. The van der Waals surface area contributed by atoms with E-state index in [2.05, 4.69) is 10.1 Å². The second-order valence-corrected chi connectivity index (χ2v) is 5.79. The molecular formula is C13H22N2O5. The number of ether oxygens (including phenoxy) is 2. The highest BCUT2D eigenvalue weighted by Gasteiger charge is 2.40. The number of amides is 2. The molecule has 0 aromatic heterocycles. The van der Waals surface area contributed by atoms with Crippen molar-refractivity contribution in [3.05, 3.63) is 0 Å². The van der Waals surface area contributed by atoms with E-state index in [0.29, 0.717) is 6.42 Å². The van der Waals surface area contributed by atoms with Crippen LogP contribution in [0.1, 0.15) is 34.1 Å². The number of hydrogen-bond acceptors (Lipinski definition) is 5. The average Bonchev–Trinajstić information content (AvgIpc) is 2.69. The summed E-state index contributed by atoms with van der Waals surface area (Å²) in [5.74, 6) is -0.706. The van der Waals surface area contributed by atoms with Gasteiger partial charge in [-0.1, -0.05) is 0 Å². The summed E-state index contributed by atoms with van der Waals surface area (Å²) >= 11 is 0. The van der Waals surface area contributed by atoms with Crippen LogP contribution in [0.3, 0.4) is 0 Å². The fourth-order valence-corrected chi connectivity index (χ4v) is 2.12. The normalized spacial score (nSPS) is 22.4. The van der Waals surface area contributed by atoms with Crippen LogP contribution < -0.4 is 5.32 Å². The van der Waals surface area contributed by atoms with Crippen molar-refractivity contribution in [1.82, 2.24) is 10.2 Å². The third kappa shape index (κ3) is 4.40. The van der Waals surface area contributed by atoms with Gasteiger partial charge in [-0.05, 0) is 20.8 Å². The van der Waals surface area contributed by atoms with Gasteiger partial charge in [-0.25, -0.2) is 9.59 Å². The Morgan fingerprint density at radius 1 is 1.25 bits per heavy atom. The van der Waals surface area contributed by atoms with Crippen LogP contribution in [0.5, 0.6) is 0 Å². The van der Waals surface area contributed by atoms with Gasteiger partial charge in [0.05, 0.1) is 13.2 Å². The van der Waals surface area contributed by atoms with Gasteiger partial charge in [0.2, 0.25) is 5.91 Å². The van der Waals surface area contributed by atoms with Gasteiger partial charge >= 0.3 is 12.1 Å². The van der Waals surface area contributed by atoms with Crippen LogP contribution in [0.15, 0.2) is 0 Å². The zero-order chi connectivity index (χ0) is 15.5. The van der Waals surface area contributed by atoms with Gasteiger partial charge in [0.15, 0.2) is 0 Å². The molecule has 7 heteroatoms. The van der Waals surface area contributed by atoms with E-state index in [0.717, 1.165) is 0 Å². The lowest BCUT2D eigenvalue weighted by Crippen LogP contribution is -2.41. The van der Waals surface area contributed by atoms with Gasteiger partial charge in [-0.15, -0.1) is 0 Å². The number of alkyl carbamates (subject to hydrolysis) is 1. The van der Waals surface area contributed by atoms with E-state index in [1.165, 1.54) is 18.9 Å². The Balaban J connectivity index is 2.64. The van der Waals surface area contributed by atoms with Crippen molar-refractivity contribution in [2.45, 2.75) is 51.8 Å². The minimum atomic E-state index is -0.655. The largest absolute Gasteiger partial charge is 0.467 e. The summed E-state index contributed by atoms with van der Waals surface area (Å²) in [6.07, 6.45) is -0.234. The third-order valence-corrected chi connectivity index (χ3v) is 2.90. The maximum atomic E-state index is 11.7. The Kier molecular flexibility index (Phi) is 4.97. The summed E-state index contributed by atoms with van der Waals surface area (Å²) in [5.41, 5.74) is -0.593. The van der Waals surface area contributed by atoms with Crippen LogP contribution in [-0.4, -0.2) is 54.2 Å². The third-order valence-electron chi connectivity index (χ3n) is 2.90. The quantitative estimate of drug-likeness (QED) is 0.754. The van der Waals surface area contributed by atoms with Crippen LogP contribution in [-0.2, 0) is 19.1 Å². The number of esters is 1. The molecule has 1 rings (SSSR count). The zero-order valence-electron chi connectivity index (χ0n) is 12.6. The molecule has 0 aliphatic carbocycles. The van der Waals surface area contributed by atoms with E-state index in [-0.39, 0.29) is 18.5 Å². The molecule has 1 heterocycles. The van der Waals surface area contributed by atoms with Crippen molar-refractivity contribution >= 4 is 18.0 Å². The first kappa shape index (κ1) is 16.3. The summed E-state index contributed by atoms with van der Waals surface area (Å²) in [4.78, 5) is 36.2. The first-order valence-corrected chi connectivity index (χ1v) is 6.48. The highest BCUT2D eigenvalue weighted by molar-refractivity contribution is 5.84. The molecule has 0 radical (unpaired) electrons. The van der Waals surface area contributed by atoms with Crippen molar-refractivity contribution in [3.63, 3.8) is 0 Å². The first-order chi connectivity index (χ1) is 9.14. The maximum absolute atomic E-state index is 11.7. The number of likely N-dealkylation sites (tertiary alicyclic amines) is 1. The van der Waals surface area contributed by atoms with E-state index >= 15 is 0 Å². The van der Waals surface area contributed by atoms with E-state index in [9.17, 15) is 14.4 Å². The molecule has 2 amide bonds. The number of methoxy groups -OCH3 is 1. The molecule has 114 valence electrons. The van der Waals surface area contributed by atoms with Crippen molar-refractivity contribution in [3.8, 4) is 0 Å². The Labute approximate surface area is 118 Å². The predicted octanol–water partition coefficient (Wildman–Crippen LogP) is 0.673. The van der Waals surface area contributed by atoms with E-state index in [1.807, 2.05) is 0 Å². The summed E-state index contributed by atoms with van der Waals surface area (Å²) in [7, 11) is 1.27. The van der Waals surface area contributed by atoms with E-state index < -0.39 is 23.7 Å². The SMILES string of the molecule is COC(=O)[C@@H]1C[C@H](NC(=O)OC(C)(C)C)CN1C(C)=O. The molecule has 7 nitrogen and oxygen atoms in total. The molecule has 20 heavy (non-hydrogen) atoms. The van der Waals surface area contributed by atoms with Crippen LogP contribution in [0, 0.1) is 0 Å². The summed E-state index contributed by atoms with van der Waals surface area (Å²) in [6, 6.07) is -0.977. The van der Waals surface area contributed by atoms with Crippen molar-refractivity contribution in [2.75, 3.05) is 13.7 Å². The summed E-state index contributed by atoms with van der Waals surface area (Å²) < 4.78 is 9.82. The Morgan fingerprint density at radius 2 is 1.85 bits per heavy atom. The fraction of sp³-hybridized carbons (Fsp3) is 0.769. The fourth-order valence-electron chi connectivity index (χ4n) is 2.12.